The van der Waals surface area contributed by atoms with Crippen molar-refractivity contribution in [3.8, 4) is 0 Å². The van der Waals surface area contributed by atoms with Crippen LogP contribution in [0, 0.1) is 0 Å². The Morgan fingerprint density at radius 2 is 2.04 bits per heavy atom. The first-order valence-corrected chi connectivity index (χ1v) is 8.77. The number of carbonyl (C=O) groups is 1. The molecule has 1 N–H and O–H groups in total. The first-order chi connectivity index (χ1) is 12.0. The van der Waals surface area contributed by atoms with E-state index in [9.17, 15) is 9.59 Å². The number of carbonyl (C=O) groups excluding carboxylic acids is 1. The highest BCUT2D eigenvalue weighted by atomic mass is 35.5. The van der Waals surface area contributed by atoms with Crippen molar-refractivity contribution < 1.29 is 4.79 Å². The van der Waals surface area contributed by atoms with Crippen LogP contribution in [-0.2, 0) is 11.8 Å². The number of fused-ring (bicyclic) bond motifs is 1. The van der Waals surface area contributed by atoms with E-state index in [1.165, 1.54) is 16.3 Å². The largest absolute Gasteiger partial charge is 0.322 e. The minimum Gasteiger partial charge on any atom is -0.322 e. The summed E-state index contributed by atoms with van der Waals surface area (Å²) >= 11 is 7.16. The van der Waals surface area contributed by atoms with Crippen LogP contribution in [0.3, 0.4) is 0 Å². The molecule has 6 nitrogen and oxygen atoms in total. The van der Waals surface area contributed by atoms with Gasteiger partial charge in [-0.1, -0.05) is 35.5 Å². The van der Waals surface area contributed by atoms with Crippen LogP contribution in [0.25, 0.3) is 10.9 Å². The third kappa shape index (κ3) is 3.67. The number of aromatic nitrogens is 3. The zero-order chi connectivity index (χ0) is 18.0. The van der Waals surface area contributed by atoms with Gasteiger partial charge in [0.2, 0.25) is 5.91 Å². The first kappa shape index (κ1) is 17.4. The van der Waals surface area contributed by atoms with Crippen LogP contribution >= 0.6 is 23.4 Å². The van der Waals surface area contributed by atoms with E-state index < -0.39 is 5.25 Å². The molecule has 128 valence electrons. The predicted molar refractivity (Wildman–Crippen MR) is 100 cm³/mol. The van der Waals surface area contributed by atoms with Crippen molar-refractivity contribution >= 4 is 45.9 Å². The number of hydrogen-bond acceptors (Lipinski definition) is 5. The molecule has 1 amide bonds. The van der Waals surface area contributed by atoms with Gasteiger partial charge in [0.05, 0.1) is 21.8 Å². The Morgan fingerprint density at radius 3 is 2.80 bits per heavy atom. The Labute approximate surface area is 153 Å². The number of halogens is 1. The van der Waals surface area contributed by atoms with E-state index in [1.807, 2.05) is 6.07 Å². The molecule has 0 saturated carbocycles. The Hall–Kier alpha value is -2.38. The summed E-state index contributed by atoms with van der Waals surface area (Å²) in [5.74, 6) is -0.248. The van der Waals surface area contributed by atoms with Crippen molar-refractivity contribution in [1.29, 1.82) is 0 Å². The molecule has 2 heterocycles. The van der Waals surface area contributed by atoms with Crippen molar-refractivity contribution in [3.05, 3.63) is 58.1 Å². The number of para-hydroxylation sites is 1. The third-order valence-electron chi connectivity index (χ3n) is 3.61. The molecule has 1 atom stereocenters. The summed E-state index contributed by atoms with van der Waals surface area (Å²) in [6.45, 7) is 1.74. The van der Waals surface area contributed by atoms with Crippen molar-refractivity contribution in [2.45, 2.75) is 17.3 Å². The molecule has 0 spiro atoms. The average molecular weight is 375 g/mol. The molecule has 0 aliphatic rings. The topological polar surface area (TPSA) is 76.9 Å². The van der Waals surface area contributed by atoms with Crippen molar-refractivity contribution in [1.82, 2.24) is 14.5 Å². The molecule has 2 aromatic heterocycles. The second-order valence-corrected chi connectivity index (χ2v) is 7.03. The van der Waals surface area contributed by atoms with Gasteiger partial charge >= 0.3 is 0 Å². The molecule has 8 heteroatoms. The summed E-state index contributed by atoms with van der Waals surface area (Å²) in [5, 5.41) is 3.51. The monoisotopic (exact) mass is 374 g/mol. The summed E-state index contributed by atoms with van der Waals surface area (Å²) < 4.78 is 1.45. The fraction of sp³-hybridized carbons (Fsp3) is 0.176. The van der Waals surface area contributed by atoms with Gasteiger partial charge in [-0.2, -0.15) is 0 Å². The minimum absolute atomic E-state index is 0.143. The van der Waals surface area contributed by atoms with E-state index in [2.05, 4.69) is 15.3 Å². The number of nitrogens with zero attached hydrogens (tertiary/aromatic N) is 3. The van der Waals surface area contributed by atoms with Crippen LogP contribution in [0.5, 0.6) is 0 Å². The molecular formula is C17H15ClN4O2S. The fourth-order valence-corrected chi connectivity index (χ4v) is 3.27. The van der Waals surface area contributed by atoms with E-state index in [1.54, 1.807) is 50.5 Å². The third-order valence-corrected chi connectivity index (χ3v) is 5.06. The maximum Gasteiger partial charge on any atom is 0.261 e. The molecule has 1 unspecified atom stereocenters. The zero-order valence-electron chi connectivity index (χ0n) is 13.6. The normalized spacial score (nSPS) is 12.1. The maximum atomic E-state index is 12.4. The van der Waals surface area contributed by atoms with Crippen molar-refractivity contribution in [2.75, 3.05) is 5.32 Å². The first-order valence-electron chi connectivity index (χ1n) is 7.51. The molecule has 3 rings (SSSR count). The Bertz CT molecular complexity index is 1010. The lowest BCUT2D eigenvalue weighted by atomic mass is 10.2. The van der Waals surface area contributed by atoms with Gasteiger partial charge in [-0.25, -0.2) is 9.97 Å². The molecule has 0 radical (unpaired) electrons. The number of amides is 1. The lowest BCUT2D eigenvalue weighted by Gasteiger charge is -2.14. The quantitative estimate of drug-likeness (QED) is 0.431. The average Bonchev–Trinajstić information content (AvgIpc) is 2.61. The second kappa shape index (κ2) is 7.25. The van der Waals surface area contributed by atoms with Crippen LogP contribution in [0.4, 0.5) is 5.69 Å². The van der Waals surface area contributed by atoms with Gasteiger partial charge in [0.25, 0.3) is 5.56 Å². The van der Waals surface area contributed by atoms with E-state index in [0.29, 0.717) is 21.7 Å². The minimum atomic E-state index is -0.476. The molecule has 25 heavy (non-hydrogen) atoms. The number of rotatable bonds is 4. The summed E-state index contributed by atoms with van der Waals surface area (Å²) in [4.78, 5) is 33.2. The predicted octanol–water partition coefficient (Wildman–Crippen LogP) is 3.10. The lowest BCUT2D eigenvalue weighted by molar-refractivity contribution is -0.115. The molecular weight excluding hydrogens is 360 g/mol. The number of pyridine rings is 1. The Balaban J connectivity index is 1.83. The zero-order valence-corrected chi connectivity index (χ0v) is 15.1. The number of anilines is 1. The summed E-state index contributed by atoms with van der Waals surface area (Å²) in [7, 11) is 1.65. The van der Waals surface area contributed by atoms with Gasteiger partial charge in [0.1, 0.15) is 0 Å². The Kier molecular flexibility index (Phi) is 5.06. The van der Waals surface area contributed by atoms with Crippen LogP contribution in [-0.4, -0.2) is 25.7 Å². The van der Waals surface area contributed by atoms with E-state index >= 15 is 0 Å². The molecule has 0 aliphatic heterocycles. The molecule has 1 aromatic carbocycles. The number of hydrogen-bond donors (Lipinski definition) is 1. The van der Waals surface area contributed by atoms with Crippen molar-refractivity contribution in [3.63, 3.8) is 0 Å². The SMILES string of the molecule is CC(Sc1nc2ccccc2c(=O)n1C)C(=O)Nc1cccnc1Cl. The molecule has 0 aliphatic carbocycles. The fourth-order valence-electron chi connectivity index (χ4n) is 2.23. The van der Waals surface area contributed by atoms with E-state index in [0.717, 1.165) is 0 Å². The maximum absolute atomic E-state index is 12.4. The number of benzene rings is 1. The summed E-state index contributed by atoms with van der Waals surface area (Å²) in [5.41, 5.74) is 0.911. The summed E-state index contributed by atoms with van der Waals surface area (Å²) in [6, 6.07) is 10.5. The van der Waals surface area contributed by atoms with Crippen molar-refractivity contribution in [2.24, 2.45) is 7.05 Å². The highest BCUT2D eigenvalue weighted by Gasteiger charge is 2.19. The van der Waals surface area contributed by atoms with Crippen LogP contribution < -0.4 is 10.9 Å². The van der Waals surface area contributed by atoms with Crippen LogP contribution in [0.15, 0.2) is 52.5 Å². The van der Waals surface area contributed by atoms with Gasteiger partial charge in [-0.15, -0.1) is 0 Å². The highest BCUT2D eigenvalue weighted by Crippen LogP contribution is 2.24. The molecule has 3 aromatic rings. The van der Waals surface area contributed by atoms with E-state index in [-0.39, 0.29) is 16.6 Å². The molecule has 0 bridgehead atoms. The van der Waals surface area contributed by atoms with Gasteiger partial charge in [-0.05, 0) is 31.2 Å². The number of nitrogens with one attached hydrogen (secondary N) is 1. The van der Waals surface area contributed by atoms with Gasteiger partial charge in [0, 0.05) is 13.2 Å². The standard InChI is InChI=1S/C17H15ClN4O2S/c1-10(15(23)20-13-8-5-9-19-14(13)18)25-17-21-12-7-4-3-6-11(12)16(24)22(17)2/h3-10H,1-2H3,(H,20,23). The van der Waals surface area contributed by atoms with Gasteiger partial charge in [0.15, 0.2) is 10.3 Å². The molecule has 0 fully saturated rings. The second-order valence-electron chi connectivity index (χ2n) is 5.37. The van der Waals surface area contributed by atoms with Gasteiger partial charge in [-0.3, -0.25) is 14.2 Å². The molecule has 0 saturated heterocycles. The van der Waals surface area contributed by atoms with E-state index in [4.69, 9.17) is 11.6 Å². The number of thioether (sulfide) groups is 1. The lowest BCUT2D eigenvalue weighted by Crippen LogP contribution is -2.25. The van der Waals surface area contributed by atoms with Gasteiger partial charge < -0.3 is 5.32 Å². The van der Waals surface area contributed by atoms with Crippen LogP contribution in [0.2, 0.25) is 5.15 Å². The summed E-state index contributed by atoms with van der Waals surface area (Å²) in [6.07, 6.45) is 1.55. The van der Waals surface area contributed by atoms with Crippen LogP contribution in [0.1, 0.15) is 6.92 Å². The highest BCUT2D eigenvalue weighted by molar-refractivity contribution is 8.00. The smallest absolute Gasteiger partial charge is 0.261 e. The Morgan fingerprint density at radius 1 is 1.28 bits per heavy atom.